The maximum absolute atomic E-state index is 5.66. The number of nitrogens with two attached hydrogens (primary N) is 1. The third kappa shape index (κ3) is 1.79. The SMILES string of the molecule is COc1ccc(-c2ncoc2C)cc1CN. The van der Waals surface area contributed by atoms with Crippen molar-refractivity contribution in [2.75, 3.05) is 7.11 Å². The van der Waals surface area contributed by atoms with Crippen LogP contribution in [0.15, 0.2) is 29.0 Å². The largest absolute Gasteiger partial charge is 0.496 e. The molecular formula is C12H14N2O2. The van der Waals surface area contributed by atoms with Crippen LogP contribution in [0.1, 0.15) is 11.3 Å². The first-order valence-corrected chi connectivity index (χ1v) is 5.03. The quantitative estimate of drug-likeness (QED) is 0.857. The number of hydrogen-bond acceptors (Lipinski definition) is 4. The zero-order valence-corrected chi connectivity index (χ0v) is 9.36. The van der Waals surface area contributed by atoms with Crippen molar-refractivity contribution in [2.24, 2.45) is 5.73 Å². The maximum atomic E-state index is 5.66. The summed E-state index contributed by atoms with van der Waals surface area (Å²) in [5.41, 5.74) is 8.46. The predicted molar refractivity (Wildman–Crippen MR) is 61.1 cm³/mol. The van der Waals surface area contributed by atoms with Gasteiger partial charge in [0.15, 0.2) is 6.39 Å². The molecule has 0 bridgehead atoms. The lowest BCUT2D eigenvalue weighted by Gasteiger charge is -2.08. The molecule has 0 spiro atoms. The number of ether oxygens (including phenoxy) is 1. The van der Waals surface area contributed by atoms with Crippen molar-refractivity contribution in [1.29, 1.82) is 0 Å². The van der Waals surface area contributed by atoms with Crippen molar-refractivity contribution >= 4 is 0 Å². The second kappa shape index (κ2) is 4.37. The van der Waals surface area contributed by atoms with Crippen LogP contribution in [0.5, 0.6) is 5.75 Å². The van der Waals surface area contributed by atoms with Crippen LogP contribution in [-0.4, -0.2) is 12.1 Å². The van der Waals surface area contributed by atoms with Crippen molar-refractivity contribution in [1.82, 2.24) is 4.98 Å². The molecule has 84 valence electrons. The highest BCUT2D eigenvalue weighted by Crippen LogP contribution is 2.27. The Kier molecular flexibility index (Phi) is 2.92. The second-order valence-corrected chi connectivity index (χ2v) is 3.49. The number of nitrogens with zero attached hydrogens (tertiary/aromatic N) is 1. The molecule has 1 aromatic carbocycles. The van der Waals surface area contributed by atoms with Crippen LogP contribution in [0.2, 0.25) is 0 Å². The van der Waals surface area contributed by atoms with Gasteiger partial charge in [-0.15, -0.1) is 0 Å². The van der Waals surface area contributed by atoms with Gasteiger partial charge in [-0.1, -0.05) is 0 Å². The Morgan fingerprint density at radius 3 is 2.81 bits per heavy atom. The minimum atomic E-state index is 0.438. The van der Waals surface area contributed by atoms with Crippen LogP contribution in [-0.2, 0) is 6.54 Å². The first kappa shape index (κ1) is 10.7. The molecule has 0 aliphatic rings. The lowest BCUT2D eigenvalue weighted by molar-refractivity contribution is 0.410. The Bertz CT molecular complexity index is 492. The summed E-state index contributed by atoms with van der Waals surface area (Å²) in [6, 6.07) is 5.82. The number of hydrogen-bond donors (Lipinski definition) is 1. The van der Waals surface area contributed by atoms with Crippen molar-refractivity contribution in [3.63, 3.8) is 0 Å². The van der Waals surface area contributed by atoms with E-state index in [-0.39, 0.29) is 0 Å². The summed E-state index contributed by atoms with van der Waals surface area (Å²) in [6.45, 7) is 2.32. The Labute approximate surface area is 94.1 Å². The van der Waals surface area contributed by atoms with E-state index in [1.54, 1.807) is 7.11 Å². The third-order valence-electron chi connectivity index (χ3n) is 2.52. The highest BCUT2D eigenvalue weighted by Gasteiger charge is 2.09. The van der Waals surface area contributed by atoms with Crippen LogP contribution in [0.3, 0.4) is 0 Å². The fraction of sp³-hybridized carbons (Fsp3) is 0.250. The summed E-state index contributed by atoms with van der Waals surface area (Å²) in [5, 5.41) is 0. The second-order valence-electron chi connectivity index (χ2n) is 3.49. The Morgan fingerprint density at radius 1 is 1.44 bits per heavy atom. The molecule has 0 atom stereocenters. The molecule has 0 aliphatic carbocycles. The minimum Gasteiger partial charge on any atom is -0.496 e. The molecular weight excluding hydrogens is 204 g/mol. The maximum Gasteiger partial charge on any atom is 0.181 e. The van der Waals surface area contributed by atoms with Crippen molar-refractivity contribution in [2.45, 2.75) is 13.5 Å². The van der Waals surface area contributed by atoms with Gasteiger partial charge in [-0.3, -0.25) is 0 Å². The molecule has 0 aliphatic heterocycles. The minimum absolute atomic E-state index is 0.438. The smallest absolute Gasteiger partial charge is 0.181 e. The highest BCUT2D eigenvalue weighted by molar-refractivity contribution is 5.63. The Hall–Kier alpha value is -1.81. The summed E-state index contributed by atoms with van der Waals surface area (Å²) in [7, 11) is 1.63. The Balaban J connectivity index is 2.48. The fourth-order valence-electron chi connectivity index (χ4n) is 1.67. The molecule has 0 saturated carbocycles. The van der Waals surface area contributed by atoms with Gasteiger partial charge in [0.25, 0.3) is 0 Å². The molecule has 16 heavy (non-hydrogen) atoms. The van der Waals surface area contributed by atoms with E-state index in [4.69, 9.17) is 14.9 Å². The van der Waals surface area contributed by atoms with E-state index in [2.05, 4.69) is 4.98 Å². The van der Waals surface area contributed by atoms with Gasteiger partial charge in [0.05, 0.1) is 7.11 Å². The van der Waals surface area contributed by atoms with Crippen LogP contribution < -0.4 is 10.5 Å². The monoisotopic (exact) mass is 218 g/mol. The van der Waals surface area contributed by atoms with Crippen LogP contribution in [0, 0.1) is 6.92 Å². The molecule has 0 radical (unpaired) electrons. The summed E-state index contributed by atoms with van der Waals surface area (Å²) in [4.78, 5) is 4.17. The van der Waals surface area contributed by atoms with Crippen molar-refractivity contribution < 1.29 is 9.15 Å². The van der Waals surface area contributed by atoms with Gasteiger partial charge in [-0.25, -0.2) is 4.98 Å². The lowest BCUT2D eigenvalue weighted by atomic mass is 10.1. The van der Waals surface area contributed by atoms with Crippen molar-refractivity contribution in [3.05, 3.63) is 35.9 Å². The number of aryl methyl sites for hydroxylation is 1. The summed E-state index contributed by atoms with van der Waals surface area (Å²) >= 11 is 0. The average Bonchev–Trinajstić information content (AvgIpc) is 2.74. The number of benzene rings is 1. The van der Waals surface area contributed by atoms with Gasteiger partial charge < -0.3 is 14.9 Å². The zero-order valence-electron chi connectivity index (χ0n) is 9.36. The van der Waals surface area contributed by atoms with Gasteiger partial charge in [-0.2, -0.15) is 0 Å². The highest BCUT2D eigenvalue weighted by atomic mass is 16.5. The molecule has 2 aromatic rings. The summed E-state index contributed by atoms with van der Waals surface area (Å²) in [5.74, 6) is 1.60. The van der Waals surface area contributed by atoms with E-state index in [9.17, 15) is 0 Å². The molecule has 1 aromatic heterocycles. The fourth-order valence-corrected chi connectivity index (χ4v) is 1.67. The van der Waals surface area contributed by atoms with Gasteiger partial charge >= 0.3 is 0 Å². The molecule has 0 unspecified atom stereocenters. The van der Waals surface area contributed by atoms with Crippen molar-refractivity contribution in [3.8, 4) is 17.0 Å². The third-order valence-corrected chi connectivity index (χ3v) is 2.52. The standard InChI is InChI=1S/C12H14N2O2/c1-8-12(14-7-16-8)9-3-4-11(15-2)10(5-9)6-13/h3-5,7H,6,13H2,1-2H3. The van der Waals surface area contributed by atoms with E-state index < -0.39 is 0 Å². The normalized spacial score (nSPS) is 10.4. The van der Waals surface area contributed by atoms with Crippen LogP contribution in [0.4, 0.5) is 0 Å². The number of rotatable bonds is 3. The van der Waals surface area contributed by atoms with Gasteiger partial charge in [0, 0.05) is 17.7 Å². The molecule has 4 nitrogen and oxygen atoms in total. The molecule has 0 amide bonds. The average molecular weight is 218 g/mol. The molecule has 1 heterocycles. The first-order chi connectivity index (χ1) is 7.76. The Morgan fingerprint density at radius 2 is 2.25 bits per heavy atom. The van der Waals surface area contributed by atoms with E-state index >= 15 is 0 Å². The van der Waals surface area contributed by atoms with Gasteiger partial charge in [0.2, 0.25) is 0 Å². The molecule has 0 saturated heterocycles. The van der Waals surface area contributed by atoms with Gasteiger partial charge in [0.1, 0.15) is 17.2 Å². The lowest BCUT2D eigenvalue weighted by Crippen LogP contribution is -2.00. The summed E-state index contributed by atoms with van der Waals surface area (Å²) < 4.78 is 10.4. The van der Waals surface area contributed by atoms with E-state index in [1.807, 2.05) is 25.1 Å². The predicted octanol–water partition coefficient (Wildman–Crippen LogP) is 2.12. The number of oxazole rings is 1. The molecule has 2 rings (SSSR count). The van der Waals surface area contributed by atoms with E-state index in [0.717, 1.165) is 28.3 Å². The number of aromatic nitrogens is 1. The summed E-state index contributed by atoms with van der Waals surface area (Å²) in [6.07, 6.45) is 1.44. The zero-order chi connectivity index (χ0) is 11.5. The topological polar surface area (TPSA) is 61.3 Å². The van der Waals surface area contributed by atoms with E-state index in [1.165, 1.54) is 6.39 Å². The molecule has 0 fully saturated rings. The van der Waals surface area contributed by atoms with Crippen LogP contribution >= 0.6 is 0 Å². The van der Waals surface area contributed by atoms with Crippen LogP contribution in [0.25, 0.3) is 11.3 Å². The molecule has 2 N–H and O–H groups in total. The van der Waals surface area contributed by atoms with E-state index in [0.29, 0.717) is 6.54 Å². The van der Waals surface area contributed by atoms with Gasteiger partial charge in [-0.05, 0) is 25.1 Å². The molecule has 4 heteroatoms. The number of methoxy groups -OCH3 is 1. The first-order valence-electron chi connectivity index (χ1n) is 5.03.